The van der Waals surface area contributed by atoms with Crippen LogP contribution in [0, 0.1) is 11.8 Å². The number of nitrogens with one attached hydrogen (secondary N) is 1. The van der Waals surface area contributed by atoms with Crippen LogP contribution in [-0.2, 0) is 19.9 Å². The van der Waals surface area contributed by atoms with E-state index in [1.807, 2.05) is 30.3 Å². The van der Waals surface area contributed by atoms with E-state index in [0.29, 0.717) is 6.54 Å². The van der Waals surface area contributed by atoms with Crippen molar-refractivity contribution >= 4 is 19.9 Å². The molecule has 0 aliphatic carbocycles. The van der Waals surface area contributed by atoms with Crippen molar-refractivity contribution in [1.82, 2.24) is 9.62 Å². The second-order valence-electron chi connectivity index (χ2n) is 7.26. The summed E-state index contributed by atoms with van der Waals surface area (Å²) in [6.45, 7) is 2.07. The monoisotopic (exact) mass is 406 g/mol. The Kier molecular flexibility index (Phi) is 4.62. The quantitative estimate of drug-likeness (QED) is 0.835. The Bertz CT molecular complexity index is 1030. The zero-order chi connectivity index (χ0) is 19.2. The van der Waals surface area contributed by atoms with Gasteiger partial charge in [-0.3, -0.25) is 0 Å². The van der Waals surface area contributed by atoms with Crippen molar-refractivity contribution in [3.63, 3.8) is 0 Å². The van der Waals surface area contributed by atoms with Crippen LogP contribution in [0.4, 0.5) is 0 Å². The summed E-state index contributed by atoms with van der Waals surface area (Å²) in [5.74, 6) is 0.512. The minimum absolute atomic E-state index is 0.114. The van der Waals surface area contributed by atoms with E-state index < -0.39 is 19.9 Å². The fraction of sp³-hybridized carbons (Fsp3) is 0.368. The van der Waals surface area contributed by atoms with Crippen LogP contribution in [0.25, 0.3) is 0 Å². The molecule has 0 saturated carbocycles. The maximum absolute atomic E-state index is 13.4. The molecule has 2 saturated heterocycles. The van der Waals surface area contributed by atoms with E-state index in [4.69, 9.17) is 0 Å². The molecule has 144 valence electrons. The lowest BCUT2D eigenvalue weighted by Gasteiger charge is -2.27. The third-order valence-corrected chi connectivity index (χ3v) is 8.51. The number of fused-ring (bicyclic) bond motifs is 1. The molecule has 0 unspecified atom stereocenters. The lowest BCUT2D eigenvalue weighted by Crippen LogP contribution is -2.34. The Balaban J connectivity index is 1.73. The fourth-order valence-electron chi connectivity index (χ4n) is 4.19. The van der Waals surface area contributed by atoms with Crippen molar-refractivity contribution in [1.29, 1.82) is 0 Å². The van der Waals surface area contributed by atoms with E-state index >= 15 is 0 Å². The van der Waals surface area contributed by atoms with E-state index in [-0.39, 0.29) is 27.7 Å². The maximum atomic E-state index is 13.4. The van der Waals surface area contributed by atoms with Gasteiger partial charge in [0.2, 0.25) is 10.0 Å². The molecule has 4 rings (SSSR count). The molecule has 2 heterocycles. The van der Waals surface area contributed by atoms with Crippen LogP contribution in [-0.4, -0.2) is 47.0 Å². The highest BCUT2D eigenvalue weighted by atomic mass is 32.2. The van der Waals surface area contributed by atoms with Crippen molar-refractivity contribution in [2.75, 3.05) is 25.9 Å². The summed E-state index contributed by atoms with van der Waals surface area (Å²) in [6.07, 6.45) is 1.11. The van der Waals surface area contributed by atoms with Crippen LogP contribution in [0.2, 0.25) is 0 Å². The molecular weight excluding hydrogens is 384 g/mol. The van der Waals surface area contributed by atoms with Crippen LogP contribution in [0.5, 0.6) is 0 Å². The molecule has 2 aromatic carbocycles. The van der Waals surface area contributed by atoms with Gasteiger partial charge in [0.15, 0.2) is 9.84 Å². The molecule has 3 atom stereocenters. The number of nitrogens with zero attached hydrogens (tertiary/aromatic N) is 1. The highest BCUT2D eigenvalue weighted by Gasteiger charge is 2.49. The van der Waals surface area contributed by atoms with Crippen molar-refractivity contribution < 1.29 is 16.8 Å². The summed E-state index contributed by atoms with van der Waals surface area (Å²) in [6, 6.07) is 15.0. The Labute approximate surface area is 160 Å². The van der Waals surface area contributed by atoms with Crippen molar-refractivity contribution in [2.24, 2.45) is 11.8 Å². The SMILES string of the molecule is CS(=O)(=O)c1ccc(S(=O)(=O)N2C[C@@H]3CNC[C@@H]3[C@H]2c2ccccc2)cc1. The smallest absolute Gasteiger partial charge is 0.243 e. The van der Waals surface area contributed by atoms with Gasteiger partial charge < -0.3 is 5.32 Å². The fourth-order valence-corrected chi connectivity index (χ4v) is 6.53. The topological polar surface area (TPSA) is 83.5 Å². The second kappa shape index (κ2) is 6.70. The minimum Gasteiger partial charge on any atom is -0.316 e. The van der Waals surface area contributed by atoms with Gasteiger partial charge in [0.05, 0.1) is 15.8 Å². The highest BCUT2D eigenvalue weighted by molar-refractivity contribution is 7.90. The Morgan fingerprint density at radius 2 is 1.52 bits per heavy atom. The molecule has 0 aromatic heterocycles. The van der Waals surface area contributed by atoms with E-state index in [2.05, 4.69) is 5.32 Å². The maximum Gasteiger partial charge on any atom is 0.243 e. The predicted molar refractivity (Wildman–Crippen MR) is 102 cm³/mol. The first-order valence-electron chi connectivity index (χ1n) is 8.86. The molecule has 27 heavy (non-hydrogen) atoms. The Morgan fingerprint density at radius 3 is 2.15 bits per heavy atom. The van der Waals surface area contributed by atoms with Gasteiger partial charge in [-0.2, -0.15) is 4.31 Å². The van der Waals surface area contributed by atoms with Gasteiger partial charge in [-0.25, -0.2) is 16.8 Å². The van der Waals surface area contributed by atoms with Gasteiger partial charge in [-0.15, -0.1) is 0 Å². The third kappa shape index (κ3) is 3.31. The van der Waals surface area contributed by atoms with Crippen LogP contribution in [0.15, 0.2) is 64.4 Å². The normalized spacial score (nSPS) is 26.2. The molecule has 2 fully saturated rings. The number of sulfonamides is 1. The third-order valence-electron chi connectivity index (χ3n) is 5.52. The van der Waals surface area contributed by atoms with Crippen LogP contribution < -0.4 is 5.32 Å². The van der Waals surface area contributed by atoms with E-state index in [0.717, 1.165) is 24.9 Å². The highest BCUT2D eigenvalue weighted by Crippen LogP contribution is 2.45. The van der Waals surface area contributed by atoms with Gasteiger partial charge in [0.25, 0.3) is 0 Å². The van der Waals surface area contributed by atoms with Crippen LogP contribution >= 0.6 is 0 Å². The predicted octanol–water partition coefficient (Wildman–Crippen LogP) is 1.67. The largest absolute Gasteiger partial charge is 0.316 e. The molecule has 0 spiro atoms. The number of benzene rings is 2. The Morgan fingerprint density at radius 1 is 0.889 bits per heavy atom. The zero-order valence-electron chi connectivity index (χ0n) is 14.9. The lowest BCUT2D eigenvalue weighted by atomic mass is 9.90. The van der Waals surface area contributed by atoms with Crippen LogP contribution in [0.1, 0.15) is 11.6 Å². The molecule has 6 nitrogen and oxygen atoms in total. The first-order valence-corrected chi connectivity index (χ1v) is 12.2. The Hall–Kier alpha value is -1.74. The number of hydrogen-bond donors (Lipinski definition) is 1. The molecule has 8 heteroatoms. The van der Waals surface area contributed by atoms with Gasteiger partial charge in [0.1, 0.15) is 0 Å². The molecule has 0 amide bonds. The number of rotatable bonds is 4. The van der Waals surface area contributed by atoms with Gasteiger partial charge in [-0.05, 0) is 48.2 Å². The molecule has 0 bridgehead atoms. The standard InChI is InChI=1S/C19H22N2O4S2/c1-26(22,23)16-7-9-17(10-8-16)27(24,25)21-13-15-11-20-12-18(15)19(21)14-5-3-2-4-6-14/h2-10,15,18-20H,11-13H2,1H3/t15-,18-,19+/m0/s1. The molecule has 2 aliphatic heterocycles. The number of hydrogen-bond acceptors (Lipinski definition) is 5. The summed E-state index contributed by atoms with van der Waals surface area (Å²) in [5.41, 5.74) is 0.991. The van der Waals surface area contributed by atoms with E-state index in [1.54, 1.807) is 4.31 Å². The lowest BCUT2D eigenvalue weighted by molar-refractivity contribution is 0.345. The molecule has 2 aromatic rings. The molecule has 0 radical (unpaired) electrons. The first kappa shape index (κ1) is 18.6. The summed E-state index contributed by atoms with van der Waals surface area (Å²) in [5, 5.41) is 3.37. The molecule has 1 N–H and O–H groups in total. The van der Waals surface area contributed by atoms with Gasteiger partial charge in [-0.1, -0.05) is 30.3 Å². The molecule has 2 aliphatic rings. The van der Waals surface area contributed by atoms with E-state index in [1.165, 1.54) is 24.3 Å². The molecular formula is C19H22N2O4S2. The average molecular weight is 407 g/mol. The summed E-state index contributed by atoms with van der Waals surface area (Å²) < 4.78 is 51.6. The van der Waals surface area contributed by atoms with Crippen molar-refractivity contribution in [3.8, 4) is 0 Å². The summed E-state index contributed by atoms with van der Waals surface area (Å²) in [4.78, 5) is 0.243. The number of sulfone groups is 1. The van der Waals surface area contributed by atoms with Crippen molar-refractivity contribution in [2.45, 2.75) is 15.8 Å². The van der Waals surface area contributed by atoms with Gasteiger partial charge in [0, 0.05) is 19.3 Å². The second-order valence-corrected chi connectivity index (χ2v) is 11.2. The first-order chi connectivity index (χ1) is 12.8. The van der Waals surface area contributed by atoms with E-state index in [9.17, 15) is 16.8 Å². The summed E-state index contributed by atoms with van der Waals surface area (Å²) >= 11 is 0. The minimum atomic E-state index is -3.73. The zero-order valence-corrected chi connectivity index (χ0v) is 16.6. The summed E-state index contributed by atoms with van der Waals surface area (Å²) in [7, 11) is -7.10. The van der Waals surface area contributed by atoms with Crippen molar-refractivity contribution in [3.05, 3.63) is 60.2 Å². The average Bonchev–Trinajstić information content (AvgIpc) is 3.23. The van der Waals surface area contributed by atoms with Crippen LogP contribution in [0.3, 0.4) is 0 Å². The van der Waals surface area contributed by atoms with Gasteiger partial charge >= 0.3 is 0 Å².